The maximum Gasteiger partial charge on any atom is 0.0159 e. The van der Waals surface area contributed by atoms with Crippen molar-refractivity contribution in [2.45, 2.75) is 19.3 Å². The van der Waals surface area contributed by atoms with Crippen molar-refractivity contribution >= 4 is 53.9 Å². The Morgan fingerprint density at radius 1 is 0.264 bits per heavy atom. The lowest BCUT2D eigenvalue weighted by atomic mass is 9.81. The lowest BCUT2D eigenvalue weighted by molar-refractivity contribution is 0.660. The number of fused-ring (bicyclic) bond motifs is 11. The van der Waals surface area contributed by atoms with Gasteiger partial charge in [0.25, 0.3) is 0 Å². The van der Waals surface area contributed by atoms with Gasteiger partial charge in [-0.1, -0.05) is 172 Å². The van der Waals surface area contributed by atoms with Crippen molar-refractivity contribution in [3.05, 3.63) is 193 Å². The van der Waals surface area contributed by atoms with Crippen LogP contribution in [-0.4, -0.2) is 0 Å². The van der Waals surface area contributed by atoms with Crippen molar-refractivity contribution in [3.8, 4) is 44.5 Å². The molecule has 0 bridgehead atoms. The van der Waals surface area contributed by atoms with E-state index >= 15 is 0 Å². The summed E-state index contributed by atoms with van der Waals surface area (Å²) in [4.78, 5) is 0. The van der Waals surface area contributed by atoms with E-state index in [1.54, 1.807) is 0 Å². The van der Waals surface area contributed by atoms with Gasteiger partial charge >= 0.3 is 0 Å². The molecule has 0 aromatic heterocycles. The van der Waals surface area contributed by atoms with Gasteiger partial charge in [0.15, 0.2) is 0 Å². The molecular weight excluding hydrogens is 637 g/mol. The Hall–Kier alpha value is -6.50. The van der Waals surface area contributed by atoms with Gasteiger partial charge in [-0.25, -0.2) is 0 Å². The third kappa shape index (κ3) is 4.62. The van der Waals surface area contributed by atoms with Gasteiger partial charge in [0.05, 0.1) is 0 Å². The Kier molecular flexibility index (Phi) is 6.40. The molecule has 10 aromatic carbocycles. The zero-order valence-electron chi connectivity index (χ0n) is 29.8. The van der Waals surface area contributed by atoms with E-state index in [1.807, 2.05) is 0 Å². The molecule has 0 saturated heterocycles. The first-order chi connectivity index (χ1) is 26.0. The standard InChI is InChI=1S/C53H36/c1-53(2)51-10-6-5-9-48(51)49-26-23-42(32-52(49)53)40-20-19-38-29-37(17-18-39(38)30-40)33-11-13-34(14-12-33)41-16-15-36-22-25-46-45-24-21-35-7-3-4-8-43(35)44(45)27-28-47(46)50(36)31-41/h3-32H,1-2H3. The molecule has 0 radical (unpaired) electrons. The molecule has 10 aromatic rings. The topological polar surface area (TPSA) is 0 Å². The highest BCUT2D eigenvalue weighted by Gasteiger charge is 2.35. The van der Waals surface area contributed by atoms with Crippen LogP contribution in [0.25, 0.3) is 98.4 Å². The van der Waals surface area contributed by atoms with Crippen molar-refractivity contribution in [2.24, 2.45) is 0 Å². The van der Waals surface area contributed by atoms with Crippen LogP contribution in [0.4, 0.5) is 0 Å². The van der Waals surface area contributed by atoms with Gasteiger partial charge in [-0.2, -0.15) is 0 Å². The van der Waals surface area contributed by atoms with Gasteiger partial charge in [0.2, 0.25) is 0 Å². The summed E-state index contributed by atoms with van der Waals surface area (Å²) in [6.07, 6.45) is 0. The summed E-state index contributed by atoms with van der Waals surface area (Å²) >= 11 is 0. The first kappa shape index (κ1) is 30.2. The fraction of sp³-hybridized carbons (Fsp3) is 0.0566. The third-order valence-electron chi connectivity index (χ3n) is 12.0. The van der Waals surface area contributed by atoms with Gasteiger partial charge in [0, 0.05) is 5.41 Å². The molecule has 0 spiro atoms. The van der Waals surface area contributed by atoms with E-state index in [2.05, 4.69) is 196 Å². The molecule has 0 unspecified atom stereocenters. The number of hydrogen-bond acceptors (Lipinski definition) is 0. The van der Waals surface area contributed by atoms with Crippen molar-refractivity contribution in [3.63, 3.8) is 0 Å². The second kappa shape index (κ2) is 11.2. The van der Waals surface area contributed by atoms with Gasteiger partial charge in [0.1, 0.15) is 0 Å². The van der Waals surface area contributed by atoms with E-state index in [9.17, 15) is 0 Å². The second-order valence-corrected chi connectivity index (χ2v) is 15.3. The minimum Gasteiger partial charge on any atom is -0.0619 e. The average Bonchev–Trinajstić information content (AvgIpc) is 3.45. The SMILES string of the molecule is CC1(C)c2ccccc2-c2ccc(-c3ccc4cc(-c5ccc(-c6ccc7ccc8c(ccc9c%10ccccc%10ccc98)c7c6)cc5)ccc4c3)cc21. The molecule has 1 aliphatic carbocycles. The highest BCUT2D eigenvalue weighted by molar-refractivity contribution is 6.22. The van der Waals surface area contributed by atoms with Crippen LogP contribution in [0.1, 0.15) is 25.0 Å². The highest BCUT2D eigenvalue weighted by Crippen LogP contribution is 2.49. The fourth-order valence-electron chi connectivity index (χ4n) is 9.16. The van der Waals surface area contributed by atoms with E-state index in [0.717, 1.165) is 0 Å². The largest absolute Gasteiger partial charge is 0.0619 e. The predicted octanol–water partition coefficient (Wildman–Crippen LogP) is 14.8. The molecule has 0 heterocycles. The van der Waals surface area contributed by atoms with Gasteiger partial charge < -0.3 is 0 Å². The van der Waals surface area contributed by atoms with Crippen LogP contribution in [0.5, 0.6) is 0 Å². The van der Waals surface area contributed by atoms with Gasteiger partial charge in [-0.15, -0.1) is 0 Å². The van der Waals surface area contributed by atoms with Crippen molar-refractivity contribution in [2.75, 3.05) is 0 Å². The molecule has 0 nitrogen and oxygen atoms in total. The van der Waals surface area contributed by atoms with Crippen LogP contribution in [0.15, 0.2) is 182 Å². The first-order valence-electron chi connectivity index (χ1n) is 18.7. The minimum absolute atomic E-state index is 0.00266. The average molecular weight is 673 g/mol. The lowest BCUT2D eigenvalue weighted by Gasteiger charge is -2.22. The van der Waals surface area contributed by atoms with Crippen LogP contribution >= 0.6 is 0 Å². The molecular formula is C53H36. The first-order valence-corrected chi connectivity index (χ1v) is 18.7. The second-order valence-electron chi connectivity index (χ2n) is 15.3. The Bertz CT molecular complexity index is 3120. The summed E-state index contributed by atoms with van der Waals surface area (Å²) < 4.78 is 0. The molecule has 53 heavy (non-hydrogen) atoms. The lowest BCUT2D eigenvalue weighted by Crippen LogP contribution is -2.14. The molecule has 0 fully saturated rings. The maximum absolute atomic E-state index is 2.41. The summed E-state index contributed by atoms with van der Waals surface area (Å²) in [7, 11) is 0. The number of hydrogen-bond donors (Lipinski definition) is 0. The summed E-state index contributed by atoms with van der Waals surface area (Å²) in [6.45, 7) is 4.70. The number of rotatable bonds is 3. The zero-order chi connectivity index (χ0) is 35.3. The van der Waals surface area contributed by atoms with Gasteiger partial charge in [-0.3, -0.25) is 0 Å². The van der Waals surface area contributed by atoms with Crippen molar-refractivity contribution in [1.29, 1.82) is 0 Å². The quantitative estimate of drug-likeness (QED) is 0.164. The molecule has 0 amide bonds. The van der Waals surface area contributed by atoms with Crippen LogP contribution in [0.3, 0.4) is 0 Å². The molecule has 248 valence electrons. The normalized spacial score (nSPS) is 13.2. The molecule has 11 rings (SSSR count). The smallest absolute Gasteiger partial charge is 0.0159 e. The number of benzene rings is 10. The summed E-state index contributed by atoms with van der Waals surface area (Å²) in [5.74, 6) is 0. The van der Waals surface area contributed by atoms with Crippen LogP contribution in [0, 0.1) is 0 Å². The van der Waals surface area contributed by atoms with E-state index in [0.29, 0.717) is 0 Å². The third-order valence-corrected chi connectivity index (χ3v) is 12.0. The highest BCUT2D eigenvalue weighted by atomic mass is 14.4. The summed E-state index contributed by atoms with van der Waals surface area (Å²) in [5.41, 5.74) is 13.0. The van der Waals surface area contributed by atoms with E-state index in [-0.39, 0.29) is 5.41 Å². The van der Waals surface area contributed by atoms with Crippen molar-refractivity contribution in [1.82, 2.24) is 0 Å². The van der Waals surface area contributed by atoms with Crippen LogP contribution < -0.4 is 0 Å². The molecule has 0 saturated carbocycles. The summed E-state index contributed by atoms with van der Waals surface area (Å²) in [5, 5.41) is 12.9. The maximum atomic E-state index is 2.41. The molecule has 1 aliphatic rings. The Labute approximate surface area is 309 Å². The zero-order valence-corrected chi connectivity index (χ0v) is 29.8. The van der Waals surface area contributed by atoms with Gasteiger partial charge in [-0.05, 0) is 134 Å². The Balaban J connectivity index is 0.904. The monoisotopic (exact) mass is 672 g/mol. The predicted molar refractivity (Wildman–Crippen MR) is 228 cm³/mol. The van der Waals surface area contributed by atoms with E-state index < -0.39 is 0 Å². The minimum atomic E-state index is -0.00266. The Morgan fingerprint density at radius 2 is 0.698 bits per heavy atom. The van der Waals surface area contributed by atoms with E-state index in [1.165, 1.54) is 109 Å². The van der Waals surface area contributed by atoms with Crippen LogP contribution in [0.2, 0.25) is 0 Å². The fourth-order valence-corrected chi connectivity index (χ4v) is 9.16. The molecule has 0 heteroatoms. The summed E-state index contributed by atoms with van der Waals surface area (Å²) in [6, 6.07) is 68.0. The van der Waals surface area contributed by atoms with E-state index in [4.69, 9.17) is 0 Å². The van der Waals surface area contributed by atoms with Crippen LogP contribution in [-0.2, 0) is 5.41 Å². The molecule has 0 N–H and O–H groups in total. The molecule has 0 aliphatic heterocycles. The Morgan fingerprint density at radius 3 is 1.42 bits per heavy atom. The van der Waals surface area contributed by atoms with Crippen molar-refractivity contribution < 1.29 is 0 Å². The molecule has 0 atom stereocenters.